The lowest BCUT2D eigenvalue weighted by molar-refractivity contribution is -0.146. The lowest BCUT2D eigenvalue weighted by atomic mass is 9.97. The molecular weight excluding hydrogens is 394 g/mol. The fourth-order valence-electron chi connectivity index (χ4n) is 4.36. The Balaban J connectivity index is 1.55. The summed E-state index contributed by atoms with van der Waals surface area (Å²) in [7, 11) is 1.36. The van der Waals surface area contributed by atoms with Gasteiger partial charge in [-0.3, -0.25) is 14.4 Å². The molecule has 31 heavy (non-hydrogen) atoms. The normalized spacial score (nSPS) is 16.5. The molecule has 1 N–H and O–H groups in total. The number of aromatic nitrogens is 2. The van der Waals surface area contributed by atoms with E-state index in [1.807, 2.05) is 30.5 Å². The minimum atomic E-state index is -0.337. The molecule has 0 aliphatic carbocycles. The number of piperidine rings is 1. The lowest BCUT2D eigenvalue weighted by Gasteiger charge is -2.31. The van der Waals surface area contributed by atoms with Crippen LogP contribution >= 0.6 is 0 Å². The maximum atomic E-state index is 13.2. The van der Waals surface area contributed by atoms with Crippen LogP contribution in [0.3, 0.4) is 0 Å². The molecular formula is C24H27N3O4. The number of esters is 1. The summed E-state index contributed by atoms with van der Waals surface area (Å²) < 4.78 is 6.44. The van der Waals surface area contributed by atoms with E-state index >= 15 is 0 Å². The van der Waals surface area contributed by atoms with Crippen molar-refractivity contribution in [1.29, 1.82) is 0 Å². The summed E-state index contributed by atoms with van der Waals surface area (Å²) in [6, 6.07) is 9.87. The molecule has 4 rings (SSSR count). The highest BCUT2D eigenvalue weighted by Gasteiger charge is 2.31. The van der Waals surface area contributed by atoms with Gasteiger partial charge in [0.15, 0.2) is 0 Å². The monoisotopic (exact) mass is 421 g/mol. The van der Waals surface area contributed by atoms with Crippen LogP contribution in [0, 0.1) is 12.8 Å². The van der Waals surface area contributed by atoms with Crippen LogP contribution in [0.15, 0.2) is 47.5 Å². The number of para-hydroxylation sites is 1. The zero-order chi connectivity index (χ0) is 22.0. The largest absolute Gasteiger partial charge is 0.469 e. The number of pyridine rings is 1. The molecule has 2 aromatic heterocycles. The Labute approximate surface area is 180 Å². The minimum Gasteiger partial charge on any atom is -0.469 e. The number of carbonyl (C=O) groups excluding carboxylic acids is 2. The van der Waals surface area contributed by atoms with Crippen LogP contribution in [0.2, 0.25) is 0 Å². The molecule has 1 amide bonds. The van der Waals surface area contributed by atoms with Gasteiger partial charge in [0.2, 0.25) is 0 Å². The van der Waals surface area contributed by atoms with Crippen molar-refractivity contribution in [3.8, 4) is 0 Å². The third-order valence-corrected chi connectivity index (χ3v) is 6.13. The molecule has 1 aliphatic heterocycles. The number of likely N-dealkylation sites (tertiary alicyclic amines) is 1. The molecule has 1 unspecified atom stereocenters. The van der Waals surface area contributed by atoms with Crippen LogP contribution in [0.25, 0.3) is 10.9 Å². The minimum absolute atomic E-state index is 0.187. The zero-order valence-corrected chi connectivity index (χ0v) is 17.9. The van der Waals surface area contributed by atoms with Gasteiger partial charge < -0.3 is 19.2 Å². The second-order valence-corrected chi connectivity index (χ2v) is 8.10. The first-order chi connectivity index (χ1) is 15.0. The number of H-pyrrole nitrogens is 1. The molecule has 3 heterocycles. The van der Waals surface area contributed by atoms with Crippen LogP contribution in [-0.2, 0) is 22.5 Å². The van der Waals surface area contributed by atoms with Crippen molar-refractivity contribution in [2.75, 3.05) is 20.2 Å². The summed E-state index contributed by atoms with van der Waals surface area (Å²) in [5.74, 6) is -0.952. The summed E-state index contributed by atoms with van der Waals surface area (Å²) in [6.45, 7) is 3.08. The maximum absolute atomic E-state index is 13.2. The zero-order valence-electron chi connectivity index (χ0n) is 17.9. The standard InChI is InChI=1S/C24H27N3O4/c1-16-9-12-26(13-10-17-14-25-20-8-4-3-7-19(17)20)22(28)21(16)23(29)27-11-5-6-18(15-27)24(30)31-2/h3-4,7-9,12,14,18,25H,5-6,10-11,13,15H2,1-2H3. The van der Waals surface area contributed by atoms with Crippen LogP contribution < -0.4 is 5.56 Å². The molecule has 1 fully saturated rings. The molecule has 1 atom stereocenters. The van der Waals surface area contributed by atoms with Crippen LogP contribution in [-0.4, -0.2) is 46.5 Å². The lowest BCUT2D eigenvalue weighted by Crippen LogP contribution is -2.45. The van der Waals surface area contributed by atoms with Crippen molar-refractivity contribution in [2.24, 2.45) is 5.92 Å². The van der Waals surface area contributed by atoms with Gasteiger partial charge in [-0.15, -0.1) is 0 Å². The predicted octanol–water partition coefficient (Wildman–Crippen LogP) is 2.91. The smallest absolute Gasteiger partial charge is 0.310 e. The van der Waals surface area contributed by atoms with Gasteiger partial charge in [-0.1, -0.05) is 18.2 Å². The molecule has 0 saturated carbocycles. The number of aryl methyl sites for hydroxylation is 3. The Morgan fingerprint density at radius 3 is 2.84 bits per heavy atom. The first-order valence-electron chi connectivity index (χ1n) is 10.6. The fourth-order valence-corrected chi connectivity index (χ4v) is 4.36. The van der Waals surface area contributed by atoms with Crippen LogP contribution in [0.1, 0.15) is 34.3 Å². The van der Waals surface area contributed by atoms with E-state index in [1.54, 1.807) is 22.6 Å². The van der Waals surface area contributed by atoms with Crippen molar-refractivity contribution >= 4 is 22.8 Å². The number of nitrogens with one attached hydrogen (secondary N) is 1. The Bertz CT molecular complexity index is 1180. The number of aromatic amines is 1. The van der Waals surface area contributed by atoms with E-state index in [9.17, 15) is 14.4 Å². The van der Waals surface area contributed by atoms with Crippen molar-refractivity contribution < 1.29 is 14.3 Å². The van der Waals surface area contributed by atoms with Gasteiger partial charge in [0.25, 0.3) is 11.5 Å². The Morgan fingerprint density at radius 1 is 1.23 bits per heavy atom. The second-order valence-electron chi connectivity index (χ2n) is 8.10. The van der Waals surface area contributed by atoms with Gasteiger partial charge >= 0.3 is 5.97 Å². The molecule has 7 nitrogen and oxygen atoms in total. The third kappa shape index (κ3) is 4.13. The first kappa shape index (κ1) is 20.9. The highest BCUT2D eigenvalue weighted by atomic mass is 16.5. The van der Waals surface area contributed by atoms with E-state index in [4.69, 9.17) is 4.74 Å². The van der Waals surface area contributed by atoms with Crippen LogP contribution in [0.5, 0.6) is 0 Å². The van der Waals surface area contributed by atoms with Gasteiger partial charge in [-0.2, -0.15) is 0 Å². The summed E-state index contributed by atoms with van der Waals surface area (Å²) in [6.07, 6.45) is 5.80. The van der Waals surface area contributed by atoms with Gasteiger partial charge in [-0.25, -0.2) is 0 Å². The van der Waals surface area contributed by atoms with E-state index in [0.717, 1.165) is 16.5 Å². The van der Waals surface area contributed by atoms with E-state index in [-0.39, 0.29) is 35.5 Å². The van der Waals surface area contributed by atoms with Crippen molar-refractivity contribution in [3.63, 3.8) is 0 Å². The SMILES string of the molecule is COC(=O)C1CCCN(C(=O)c2c(C)ccn(CCc3c[nH]c4ccccc34)c2=O)C1. The van der Waals surface area contributed by atoms with Crippen molar-refractivity contribution in [2.45, 2.75) is 32.7 Å². The summed E-state index contributed by atoms with van der Waals surface area (Å²) in [5, 5.41) is 1.14. The quantitative estimate of drug-likeness (QED) is 0.642. The molecule has 0 bridgehead atoms. The number of methoxy groups -OCH3 is 1. The number of hydrogen-bond acceptors (Lipinski definition) is 4. The van der Waals surface area contributed by atoms with Gasteiger partial charge in [0.05, 0.1) is 13.0 Å². The highest BCUT2D eigenvalue weighted by Crippen LogP contribution is 2.21. The highest BCUT2D eigenvalue weighted by molar-refractivity contribution is 5.95. The number of fused-ring (bicyclic) bond motifs is 1. The van der Waals surface area contributed by atoms with Crippen LogP contribution in [0.4, 0.5) is 0 Å². The van der Waals surface area contributed by atoms with Gasteiger partial charge in [0.1, 0.15) is 5.56 Å². The molecule has 162 valence electrons. The van der Waals surface area contributed by atoms with E-state index in [0.29, 0.717) is 37.9 Å². The topological polar surface area (TPSA) is 84.4 Å². The maximum Gasteiger partial charge on any atom is 0.310 e. The van der Waals surface area contributed by atoms with Gasteiger partial charge in [0, 0.05) is 42.9 Å². The number of carbonyl (C=O) groups is 2. The number of benzene rings is 1. The molecule has 7 heteroatoms. The number of nitrogens with zero attached hydrogens (tertiary/aromatic N) is 2. The van der Waals surface area contributed by atoms with E-state index < -0.39 is 0 Å². The average Bonchev–Trinajstić information content (AvgIpc) is 3.21. The third-order valence-electron chi connectivity index (χ3n) is 6.13. The molecule has 0 radical (unpaired) electrons. The predicted molar refractivity (Wildman–Crippen MR) is 118 cm³/mol. The van der Waals surface area contributed by atoms with E-state index in [1.165, 1.54) is 7.11 Å². The second kappa shape index (κ2) is 8.79. The Hall–Kier alpha value is -3.35. The molecule has 0 spiro atoms. The van der Waals surface area contributed by atoms with Gasteiger partial charge in [-0.05, 0) is 49.4 Å². The summed E-state index contributed by atoms with van der Waals surface area (Å²) >= 11 is 0. The first-order valence-corrected chi connectivity index (χ1v) is 10.6. The number of amides is 1. The number of ether oxygens (including phenoxy) is 1. The summed E-state index contributed by atoms with van der Waals surface area (Å²) in [4.78, 5) is 43.2. The number of hydrogen-bond donors (Lipinski definition) is 1. The summed E-state index contributed by atoms with van der Waals surface area (Å²) in [5.41, 5.74) is 2.75. The van der Waals surface area contributed by atoms with Crippen molar-refractivity contribution in [1.82, 2.24) is 14.5 Å². The fraction of sp³-hybridized carbons (Fsp3) is 0.375. The Kier molecular flexibility index (Phi) is 5.93. The average molecular weight is 421 g/mol. The number of rotatable bonds is 5. The molecule has 3 aromatic rings. The Morgan fingerprint density at radius 2 is 2.03 bits per heavy atom. The molecule has 1 saturated heterocycles. The molecule has 1 aromatic carbocycles. The van der Waals surface area contributed by atoms with E-state index in [2.05, 4.69) is 11.1 Å². The van der Waals surface area contributed by atoms with Crippen molar-refractivity contribution in [3.05, 3.63) is 69.8 Å². The molecule has 1 aliphatic rings.